The highest BCUT2D eigenvalue weighted by molar-refractivity contribution is 5.69. The number of hydrogen-bond acceptors (Lipinski definition) is 8. The molecule has 0 unspecified atom stereocenters. The average Bonchev–Trinajstić information content (AvgIpc) is 2.98. The third-order valence-corrected chi connectivity index (χ3v) is 4.62. The Morgan fingerprint density at radius 3 is 2.70 bits per heavy atom. The molecule has 0 bridgehead atoms. The minimum absolute atomic E-state index is 0.0907. The van der Waals surface area contributed by atoms with Crippen molar-refractivity contribution >= 4 is 11.8 Å². The number of nitrogens with zero attached hydrogens (tertiary/aromatic N) is 2. The van der Waals surface area contributed by atoms with Gasteiger partial charge in [0.15, 0.2) is 12.3 Å². The summed E-state index contributed by atoms with van der Waals surface area (Å²) in [6.07, 6.45) is 3.57. The number of methoxy groups -OCH3 is 1. The minimum atomic E-state index is -0.880. The molecule has 1 aliphatic heterocycles. The van der Waals surface area contributed by atoms with Crippen LogP contribution in [-0.4, -0.2) is 52.7 Å². The van der Waals surface area contributed by atoms with Crippen molar-refractivity contribution in [2.24, 2.45) is 0 Å². The molecule has 0 aliphatic carbocycles. The van der Waals surface area contributed by atoms with E-state index in [1.807, 2.05) is 0 Å². The Morgan fingerprint density at radius 1 is 1.33 bits per heavy atom. The van der Waals surface area contributed by atoms with E-state index in [1.54, 1.807) is 0 Å². The third-order valence-electron chi connectivity index (χ3n) is 4.62. The first-order valence-electron chi connectivity index (χ1n) is 9.35. The lowest BCUT2D eigenvalue weighted by Gasteiger charge is -2.23. The van der Waals surface area contributed by atoms with Crippen molar-refractivity contribution < 1.29 is 24.1 Å². The van der Waals surface area contributed by atoms with Crippen LogP contribution in [0.2, 0.25) is 0 Å². The highest BCUT2D eigenvalue weighted by atomic mass is 16.6. The number of aliphatic hydroxyl groups is 1. The molecule has 1 aromatic rings. The molecule has 0 radical (unpaired) electrons. The fraction of sp³-hybridized carbons (Fsp3) is 0.722. The number of nitrogens with two attached hydrogens (primary N) is 1. The zero-order valence-corrected chi connectivity index (χ0v) is 15.9. The lowest BCUT2D eigenvalue weighted by Crippen LogP contribution is -2.40. The van der Waals surface area contributed by atoms with Gasteiger partial charge in [-0.2, -0.15) is 4.98 Å². The lowest BCUT2D eigenvalue weighted by molar-refractivity contribution is -0.157. The van der Waals surface area contributed by atoms with Crippen LogP contribution < -0.4 is 11.4 Å². The number of nitrogen functional groups attached to an aromatic ring is 1. The Morgan fingerprint density at radius 2 is 2.07 bits per heavy atom. The fourth-order valence-corrected chi connectivity index (χ4v) is 3.18. The van der Waals surface area contributed by atoms with E-state index in [0.29, 0.717) is 6.42 Å². The van der Waals surface area contributed by atoms with Gasteiger partial charge in [-0.1, -0.05) is 32.6 Å². The Hall–Kier alpha value is -1.97. The summed E-state index contributed by atoms with van der Waals surface area (Å²) < 4.78 is 17.9. The van der Waals surface area contributed by atoms with Crippen LogP contribution in [0.1, 0.15) is 51.7 Å². The molecular weight excluding hydrogens is 354 g/mol. The van der Waals surface area contributed by atoms with Crippen LogP contribution in [0.15, 0.2) is 17.1 Å². The van der Waals surface area contributed by atoms with Gasteiger partial charge >= 0.3 is 11.7 Å². The molecule has 4 atom stereocenters. The van der Waals surface area contributed by atoms with Gasteiger partial charge in [-0.25, -0.2) is 4.79 Å². The van der Waals surface area contributed by atoms with E-state index < -0.39 is 30.2 Å². The second-order valence-electron chi connectivity index (χ2n) is 6.61. The van der Waals surface area contributed by atoms with E-state index >= 15 is 0 Å². The third kappa shape index (κ3) is 5.50. The molecule has 2 rings (SSSR count). The summed E-state index contributed by atoms with van der Waals surface area (Å²) in [5, 5.41) is 9.62. The summed E-state index contributed by atoms with van der Waals surface area (Å²) in [7, 11) is 1.43. The molecule has 152 valence electrons. The van der Waals surface area contributed by atoms with Crippen molar-refractivity contribution in [2.75, 3.05) is 19.5 Å². The van der Waals surface area contributed by atoms with Gasteiger partial charge in [0.05, 0.1) is 6.61 Å². The van der Waals surface area contributed by atoms with Crippen molar-refractivity contribution in [3.8, 4) is 0 Å². The second-order valence-corrected chi connectivity index (χ2v) is 6.61. The van der Waals surface area contributed by atoms with Gasteiger partial charge in [-0.15, -0.1) is 0 Å². The van der Waals surface area contributed by atoms with E-state index in [2.05, 4.69) is 11.9 Å². The van der Waals surface area contributed by atoms with Gasteiger partial charge in [0.1, 0.15) is 18.0 Å². The van der Waals surface area contributed by atoms with Crippen LogP contribution >= 0.6 is 0 Å². The number of esters is 1. The number of ether oxygens (including phenoxy) is 3. The predicted molar refractivity (Wildman–Crippen MR) is 98.0 cm³/mol. The van der Waals surface area contributed by atoms with E-state index in [0.717, 1.165) is 32.1 Å². The number of aliphatic hydroxyl groups excluding tert-OH is 1. The maximum absolute atomic E-state index is 12.2. The number of carbonyl (C=O) groups excluding carboxylic acids is 1. The molecule has 2 heterocycles. The maximum atomic E-state index is 12.2. The molecule has 1 aromatic heterocycles. The number of carbonyl (C=O) groups is 1. The molecule has 9 heteroatoms. The number of anilines is 1. The number of unbranched alkanes of at least 4 members (excludes halogenated alkanes) is 4. The smallest absolute Gasteiger partial charge is 0.351 e. The highest BCUT2D eigenvalue weighted by Crippen LogP contribution is 2.32. The average molecular weight is 383 g/mol. The van der Waals surface area contributed by atoms with Crippen LogP contribution in [0.4, 0.5) is 5.82 Å². The zero-order chi connectivity index (χ0) is 19.8. The summed E-state index contributed by atoms with van der Waals surface area (Å²) in [6, 6.07) is 1.46. The van der Waals surface area contributed by atoms with E-state index in [4.69, 9.17) is 19.9 Å². The molecule has 1 saturated heterocycles. The molecule has 27 heavy (non-hydrogen) atoms. The summed E-state index contributed by atoms with van der Waals surface area (Å²) in [5.74, 6) is -0.281. The predicted octanol–water partition coefficient (Wildman–Crippen LogP) is 1.00. The molecule has 0 saturated carbocycles. The molecule has 0 spiro atoms. The fourth-order valence-electron chi connectivity index (χ4n) is 3.18. The van der Waals surface area contributed by atoms with Gasteiger partial charge in [0, 0.05) is 19.7 Å². The minimum Gasteiger partial charge on any atom is -0.457 e. The molecule has 0 amide bonds. The number of hydrogen-bond donors (Lipinski definition) is 2. The lowest BCUT2D eigenvalue weighted by atomic mass is 10.1. The zero-order valence-electron chi connectivity index (χ0n) is 15.9. The van der Waals surface area contributed by atoms with Crippen molar-refractivity contribution in [3.63, 3.8) is 0 Å². The monoisotopic (exact) mass is 383 g/mol. The SMILES string of the molecule is CCCCCCCC(=O)O[C@H]1[C@@H](OC)[C@H](n2ccc(N)nc2=O)O[C@@H]1CO. The van der Waals surface area contributed by atoms with Crippen molar-refractivity contribution in [2.45, 2.75) is 70.0 Å². The maximum Gasteiger partial charge on any atom is 0.351 e. The van der Waals surface area contributed by atoms with Crippen LogP contribution in [0, 0.1) is 0 Å². The molecule has 0 aromatic carbocycles. The van der Waals surface area contributed by atoms with E-state index in [9.17, 15) is 14.7 Å². The number of aromatic nitrogens is 2. The Balaban J connectivity index is 2.04. The normalized spacial score (nSPS) is 24.9. The van der Waals surface area contributed by atoms with Gasteiger partial charge in [-0.3, -0.25) is 9.36 Å². The highest BCUT2D eigenvalue weighted by Gasteiger charge is 2.48. The van der Waals surface area contributed by atoms with Crippen LogP contribution in [0.25, 0.3) is 0 Å². The van der Waals surface area contributed by atoms with Crippen molar-refractivity contribution in [3.05, 3.63) is 22.7 Å². The van der Waals surface area contributed by atoms with Gasteiger partial charge < -0.3 is 25.1 Å². The topological polar surface area (TPSA) is 126 Å². The summed E-state index contributed by atoms with van der Waals surface area (Å²) in [5.41, 5.74) is 4.90. The van der Waals surface area contributed by atoms with Gasteiger partial charge in [0.2, 0.25) is 0 Å². The van der Waals surface area contributed by atoms with E-state index in [-0.39, 0.29) is 18.4 Å². The van der Waals surface area contributed by atoms with Crippen molar-refractivity contribution in [1.29, 1.82) is 0 Å². The number of rotatable bonds is 10. The summed E-state index contributed by atoms with van der Waals surface area (Å²) in [6.45, 7) is 1.76. The van der Waals surface area contributed by atoms with E-state index in [1.165, 1.54) is 23.9 Å². The largest absolute Gasteiger partial charge is 0.457 e. The Kier molecular flexibility index (Phi) is 8.21. The van der Waals surface area contributed by atoms with Gasteiger partial charge in [0.25, 0.3) is 0 Å². The first-order valence-corrected chi connectivity index (χ1v) is 9.35. The molecule has 3 N–H and O–H groups in total. The summed E-state index contributed by atoms with van der Waals surface area (Å²) >= 11 is 0. The first-order chi connectivity index (χ1) is 13.0. The second kappa shape index (κ2) is 10.4. The quantitative estimate of drug-likeness (QED) is 0.453. The molecule has 1 aliphatic rings. The molecular formula is C18H29N3O6. The summed E-state index contributed by atoms with van der Waals surface area (Å²) in [4.78, 5) is 28.0. The van der Waals surface area contributed by atoms with Gasteiger partial charge in [-0.05, 0) is 12.5 Å². The first kappa shape index (κ1) is 21.3. The van der Waals surface area contributed by atoms with Crippen LogP contribution in [-0.2, 0) is 19.0 Å². The van der Waals surface area contributed by atoms with Crippen molar-refractivity contribution in [1.82, 2.24) is 9.55 Å². The molecule has 9 nitrogen and oxygen atoms in total. The Bertz CT molecular complexity index is 665. The Labute approximate surface area is 158 Å². The standard InChI is InChI=1S/C18H29N3O6/c1-3-4-5-6-7-8-14(23)27-15-12(11-22)26-17(16(15)25-2)21-10-9-13(19)20-18(21)24/h9-10,12,15-17,22H,3-8,11H2,1-2H3,(H2,19,20,24)/t12-,15-,16-,17-/m1/s1. The van der Waals surface area contributed by atoms with Crippen LogP contribution in [0.3, 0.4) is 0 Å². The van der Waals surface area contributed by atoms with Crippen LogP contribution in [0.5, 0.6) is 0 Å². The molecule has 1 fully saturated rings.